The molecule has 1 amide bonds. The summed E-state index contributed by atoms with van der Waals surface area (Å²) in [5.41, 5.74) is 3.44. The number of nitrogens with zero attached hydrogens (tertiary/aromatic N) is 2. The van der Waals surface area contributed by atoms with E-state index in [0.717, 1.165) is 35.0 Å². The average molecular weight is 438 g/mol. The molecule has 1 saturated heterocycles. The van der Waals surface area contributed by atoms with Gasteiger partial charge in [0.15, 0.2) is 0 Å². The fraction of sp³-hybridized carbons (Fsp3) is 0.304. The molecule has 2 aromatic carbocycles. The van der Waals surface area contributed by atoms with E-state index in [1.807, 2.05) is 37.3 Å². The molecule has 1 aliphatic rings. The van der Waals surface area contributed by atoms with Gasteiger partial charge in [-0.3, -0.25) is 4.79 Å². The summed E-state index contributed by atoms with van der Waals surface area (Å²) in [6.45, 7) is 3.41. The normalized spacial score (nSPS) is 15.2. The highest BCUT2D eigenvalue weighted by atomic mass is 79.9. The van der Waals surface area contributed by atoms with E-state index < -0.39 is 0 Å². The minimum Gasteiger partial charge on any atom is -0.359 e. The number of halogens is 1. The zero-order chi connectivity index (χ0) is 19.9. The Morgan fingerprint density at radius 1 is 1.25 bits per heavy atom. The SMILES string of the molecule is Cc1ccc(N/C=C(/C#N)C(=O)N2CCC(Cc3ccccc3)CC2)c(Br)c1. The molecule has 1 N–H and O–H groups in total. The lowest BCUT2D eigenvalue weighted by molar-refractivity contribution is -0.128. The third kappa shape index (κ3) is 5.24. The summed E-state index contributed by atoms with van der Waals surface area (Å²) in [6, 6.07) is 18.4. The number of hydrogen-bond acceptors (Lipinski definition) is 3. The molecule has 1 heterocycles. The summed E-state index contributed by atoms with van der Waals surface area (Å²) in [6.07, 6.45) is 4.49. The number of benzene rings is 2. The van der Waals surface area contributed by atoms with Gasteiger partial charge in [-0.1, -0.05) is 36.4 Å². The molecule has 0 radical (unpaired) electrons. The highest BCUT2D eigenvalue weighted by molar-refractivity contribution is 9.10. The minimum atomic E-state index is -0.198. The van der Waals surface area contributed by atoms with Crippen molar-refractivity contribution in [2.24, 2.45) is 5.92 Å². The molecular formula is C23H24BrN3O. The van der Waals surface area contributed by atoms with E-state index in [4.69, 9.17) is 0 Å². The summed E-state index contributed by atoms with van der Waals surface area (Å²) < 4.78 is 0.898. The number of carbonyl (C=O) groups is 1. The van der Waals surface area contributed by atoms with Gasteiger partial charge in [0.25, 0.3) is 5.91 Å². The Morgan fingerprint density at radius 2 is 1.96 bits per heavy atom. The Morgan fingerprint density at radius 3 is 2.61 bits per heavy atom. The standard InChI is InChI=1S/C23H24BrN3O/c1-17-7-8-22(21(24)13-17)26-16-20(15-25)23(28)27-11-9-19(10-12-27)14-18-5-3-2-4-6-18/h2-8,13,16,19,26H,9-12,14H2,1H3/b20-16-. The van der Waals surface area contributed by atoms with Crippen molar-refractivity contribution in [2.45, 2.75) is 26.2 Å². The van der Waals surface area contributed by atoms with Crippen LogP contribution in [0.3, 0.4) is 0 Å². The van der Waals surface area contributed by atoms with E-state index >= 15 is 0 Å². The number of piperidine rings is 1. The highest BCUT2D eigenvalue weighted by Crippen LogP contribution is 2.25. The quantitative estimate of drug-likeness (QED) is 0.525. The van der Waals surface area contributed by atoms with Gasteiger partial charge in [-0.25, -0.2) is 0 Å². The van der Waals surface area contributed by atoms with Gasteiger partial charge in [0.1, 0.15) is 11.6 Å². The fourth-order valence-corrected chi connectivity index (χ4v) is 4.09. The van der Waals surface area contributed by atoms with Gasteiger partial charge in [0, 0.05) is 23.8 Å². The van der Waals surface area contributed by atoms with Crippen molar-refractivity contribution in [3.8, 4) is 6.07 Å². The Hall–Kier alpha value is -2.58. The summed E-state index contributed by atoms with van der Waals surface area (Å²) in [5, 5.41) is 12.5. The van der Waals surface area contributed by atoms with Crippen LogP contribution in [0.4, 0.5) is 5.69 Å². The molecule has 28 heavy (non-hydrogen) atoms. The zero-order valence-electron chi connectivity index (χ0n) is 16.0. The first-order chi connectivity index (χ1) is 13.6. The van der Waals surface area contributed by atoms with Crippen LogP contribution in [0.15, 0.2) is 64.8 Å². The number of carbonyl (C=O) groups excluding carboxylic acids is 1. The number of hydrogen-bond donors (Lipinski definition) is 1. The smallest absolute Gasteiger partial charge is 0.266 e. The molecule has 4 nitrogen and oxygen atoms in total. The Kier molecular flexibility index (Phi) is 6.89. The number of amides is 1. The van der Waals surface area contributed by atoms with Crippen LogP contribution in [-0.4, -0.2) is 23.9 Å². The number of anilines is 1. The second-order valence-corrected chi connectivity index (χ2v) is 8.08. The van der Waals surface area contributed by atoms with Crippen molar-refractivity contribution >= 4 is 27.5 Å². The lowest BCUT2D eigenvalue weighted by atomic mass is 9.90. The molecule has 0 unspecified atom stereocenters. The van der Waals surface area contributed by atoms with Gasteiger partial charge in [-0.05, 0) is 71.3 Å². The summed E-state index contributed by atoms with van der Waals surface area (Å²) >= 11 is 3.50. The minimum absolute atomic E-state index is 0.133. The second-order valence-electron chi connectivity index (χ2n) is 7.22. The monoisotopic (exact) mass is 437 g/mol. The van der Waals surface area contributed by atoms with Gasteiger partial charge in [-0.15, -0.1) is 0 Å². The number of likely N-dealkylation sites (tertiary alicyclic amines) is 1. The fourth-order valence-electron chi connectivity index (χ4n) is 3.49. The molecule has 0 aromatic heterocycles. The molecule has 1 fully saturated rings. The Balaban J connectivity index is 1.57. The van der Waals surface area contributed by atoms with E-state index in [1.165, 1.54) is 11.8 Å². The van der Waals surface area contributed by atoms with Crippen LogP contribution in [0, 0.1) is 24.2 Å². The molecule has 0 spiro atoms. The van der Waals surface area contributed by atoms with Crippen LogP contribution in [0.25, 0.3) is 0 Å². The van der Waals surface area contributed by atoms with Gasteiger partial charge >= 0.3 is 0 Å². The first kappa shape index (κ1) is 20.2. The number of rotatable bonds is 5. The van der Waals surface area contributed by atoms with Crippen LogP contribution in [0.1, 0.15) is 24.0 Å². The molecule has 3 rings (SSSR count). The topological polar surface area (TPSA) is 56.1 Å². The maximum atomic E-state index is 12.7. The maximum Gasteiger partial charge on any atom is 0.266 e. The third-order valence-corrected chi connectivity index (χ3v) is 5.77. The number of nitriles is 1. The molecule has 0 aliphatic carbocycles. The molecule has 2 aromatic rings. The van der Waals surface area contributed by atoms with E-state index in [9.17, 15) is 10.1 Å². The lowest BCUT2D eigenvalue weighted by Gasteiger charge is -2.32. The van der Waals surface area contributed by atoms with E-state index in [2.05, 4.69) is 45.5 Å². The van der Waals surface area contributed by atoms with Crippen LogP contribution in [0.2, 0.25) is 0 Å². The van der Waals surface area contributed by atoms with Crippen molar-refractivity contribution in [3.05, 3.63) is 75.9 Å². The number of nitrogens with one attached hydrogen (secondary N) is 1. The number of aryl methyl sites for hydroxylation is 1. The largest absolute Gasteiger partial charge is 0.359 e. The van der Waals surface area contributed by atoms with Gasteiger partial charge in [0.05, 0.1) is 5.69 Å². The molecule has 0 atom stereocenters. The second kappa shape index (κ2) is 9.57. The van der Waals surface area contributed by atoms with Crippen molar-refractivity contribution in [1.29, 1.82) is 5.26 Å². The summed E-state index contributed by atoms with van der Waals surface area (Å²) in [7, 11) is 0. The van der Waals surface area contributed by atoms with Crippen molar-refractivity contribution in [1.82, 2.24) is 4.90 Å². The Labute approximate surface area is 175 Å². The van der Waals surface area contributed by atoms with Crippen LogP contribution in [0.5, 0.6) is 0 Å². The van der Waals surface area contributed by atoms with Crippen molar-refractivity contribution < 1.29 is 4.79 Å². The summed E-state index contributed by atoms with van der Waals surface area (Å²) in [4.78, 5) is 14.5. The maximum absolute atomic E-state index is 12.7. The molecule has 1 aliphatic heterocycles. The van der Waals surface area contributed by atoms with E-state index in [-0.39, 0.29) is 11.5 Å². The van der Waals surface area contributed by atoms with Crippen molar-refractivity contribution in [2.75, 3.05) is 18.4 Å². The molecule has 5 heteroatoms. The molecule has 0 bridgehead atoms. The predicted molar refractivity (Wildman–Crippen MR) is 116 cm³/mol. The van der Waals surface area contributed by atoms with Crippen LogP contribution < -0.4 is 5.32 Å². The van der Waals surface area contributed by atoms with Crippen molar-refractivity contribution in [3.63, 3.8) is 0 Å². The molecule has 144 valence electrons. The first-order valence-electron chi connectivity index (χ1n) is 9.53. The predicted octanol–water partition coefficient (Wildman–Crippen LogP) is 5.06. The lowest BCUT2D eigenvalue weighted by Crippen LogP contribution is -2.39. The van der Waals surface area contributed by atoms with E-state index in [1.54, 1.807) is 4.90 Å². The molecular weight excluding hydrogens is 414 g/mol. The van der Waals surface area contributed by atoms with Gasteiger partial charge in [-0.2, -0.15) is 5.26 Å². The average Bonchev–Trinajstić information content (AvgIpc) is 2.71. The van der Waals surface area contributed by atoms with E-state index in [0.29, 0.717) is 19.0 Å². The van der Waals surface area contributed by atoms with Crippen LogP contribution >= 0.6 is 15.9 Å². The third-order valence-electron chi connectivity index (χ3n) is 5.12. The van der Waals surface area contributed by atoms with Crippen LogP contribution in [-0.2, 0) is 11.2 Å². The van der Waals surface area contributed by atoms with Gasteiger partial charge in [0.2, 0.25) is 0 Å². The molecule has 0 saturated carbocycles. The summed E-state index contributed by atoms with van der Waals surface area (Å²) in [5.74, 6) is 0.388. The first-order valence-corrected chi connectivity index (χ1v) is 10.3. The van der Waals surface area contributed by atoms with Gasteiger partial charge < -0.3 is 10.2 Å². The zero-order valence-corrected chi connectivity index (χ0v) is 17.6. The Bertz CT molecular complexity index is 894. The highest BCUT2D eigenvalue weighted by Gasteiger charge is 2.25.